The second kappa shape index (κ2) is 7.03. The van der Waals surface area contributed by atoms with Gasteiger partial charge in [-0.25, -0.2) is 5.01 Å². The third-order valence-corrected chi connectivity index (χ3v) is 4.55. The number of rotatable bonds is 4. The number of hydrogen-bond donors (Lipinski definition) is 1. The van der Waals surface area contributed by atoms with E-state index in [0.717, 1.165) is 0 Å². The first kappa shape index (κ1) is 21.0. The Bertz CT molecular complexity index is 756. The molecular weight excluding hydrogens is 365 g/mol. The van der Waals surface area contributed by atoms with Crippen molar-refractivity contribution in [3.63, 3.8) is 0 Å². The average molecular weight is 388 g/mol. The van der Waals surface area contributed by atoms with Gasteiger partial charge in [-0.15, -0.1) is 0 Å². The highest BCUT2D eigenvalue weighted by atomic mass is 19.4. The van der Waals surface area contributed by atoms with Crippen LogP contribution < -0.4 is 9.47 Å². The Morgan fingerprint density at radius 1 is 1.22 bits per heavy atom. The first-order chi connectivity index (χ1) is 12.3. The minimum absolute atomic E-state index is 0.257. The molecule has 0 radical (unpaired) electrons. The van der Waals surface area contributed by atoms with Gasteiger partial charge >= 0.3 is 6.18 Å². The van der Waals surface area contributed by atoms with Crippen molar-refractivity contribution in [1.29, 1.82) is 0 Å². The lowest BCUT2D eigenvalue weighted by atomic mass is 9.80. The van der Waals surface area contributed by atoms with E-state index in [2.05, 4.69) is 5.10 Å². The van der Waals surface area contributed by atoms with Gasteiger partial charge < -0.3 is 14.6 Å². The van der Waals surface area contributed by atoms with Crippen LogP contribution in [0.4, 0.5) is 13.2 Å². The molecule has 1 heterocycles. The van der Waals surface area contributed by atoms with E-state index in [-0.39, 0.29) is 6.42 Å². The number of methoxy groups -OCH3 is 2. The summed E-state index contributed by atoms with van der Waals surface area (Å²) in [6.07, 6.45) is -5.76. The van der Waals surface area contributed by atoms with E-state index in [1.54, 1.807) is 39.0 Å². The van der Waals surface area contributed by atoms with E-state index in [4.69, 9.17) is 9.47 Å². The fraction of sp³-hybridized carbons (Fsp3) is 0.556. The van der Waals surface area contributed by atoms with Gasteiger partial charge in [-0.05, 0) is 17.7 Å². The first-order valence-corrected chi connectivity index (χ1v) is 8.24. The number of ether oxygens (including phenoxy) is 2. The normalized spacial score (nSPS) is 20.5. The number of halogens is 3. The number of benzene rings is 1. The third-order valence-electron chi connectivity index (χ3n) is 4.55. The van der Waals surface area contributed by atoms with Crippen molar-refractivity contribution in [1.82, 2.24) is 5.01 Å². The number of nitrogens with zero attached hydrogens (tertiary/aromatic N) is 2. The highest BCUT2D eigenvalue weighted by Gasteiger charge is 2.57. The standard InChI is InChI=1S/C18H23F3N2O4/c1-16(2,3)17(25)10-14(18(19,20)21)22-23(17)15(24)9-11-6-7-12(26-4)13(8-11)27-5/h6-8,25H,9-10H2,1-5H3/t17-/m0/s1. The van der Waals surface area contributed by atoms with E-state index < -0.39 is 35.4 Å². The summed E-state index contributed by atoms with van der Waals surface area (Å²) in [5, 5.41) is 14.9. The van der Waals surface area contributed by atoms with Crippen LogP contribution in [0.5, 0.6) is 11.5 Å². The highest BCUT2D eigenvalue weighted by Crippen LogP contribution is 2.43. The summed E-state index contributed by atoms with van der Waals surface area (Å²) in [6, 6.07) is 4.74. The maximum Gasteiger partial charge on any atom is 0.431 e. The number of hydrogen-bond acceptors (Lipinski definition) is 5. The minimum atomic E-state index is -4.72. The van der Waals surface area contributed by atoms with Crippen LogP contribution in [0.15, 0.2) is 23.3 Å². The molecule has 1 amide bonds. The average Bonchev–Trinajstić information content (AvgIpc) is 2.94. The number of aliphatic hydroxyl groups is 1. The second-order valence-corrected chi connectivity index (χ2v) is 7.36. The molecule has 0 aliphatic carbocycles. The van der Waals surface area contributed by atoms with Crippen LogP contribution in [0.2, 0.25) is 0 Å². The molecule has 9 heteroatoms. The summed E-state index contributed by atoms with van der Waals surface area (Å²) in [5.41, 5.74) is -3.81. The first-order valence-electron chi connectivity index (χ1n) is 8.24. The van der Waals surface area contributed by atoms with E-state index in [1.165, 1.54) is 14.2 Å². The van der Waals surface area contributed by atoms with Crippen molar-refractivity contribution >= 4 is 11.6 Å². The van der Waals surface area contributed by atoms with Gasteiger partial charge in [0.1, 0.15) is 5.71 Å². The molecule has 1 aliphatic rings. The van der Waals surface area contributed by atoms with Gasteiger partial charge in [-0.1, -0.05) is 26.8 Å². The molecule has 1 atom stereocenters. The lowest BCUT2D eigenvalue weighted by Gasteiger charge is -2.41. The Balaban J connectivity index is 2.35. The zero-order valence-electron chi connectivity index (χ0n) is 15.8. The van der Waals surface area contributed by atoms with Gasteiger partial charge in [0.15, 0.2) is 17.2 Å². The largest absolute Gasteiger partial charge is 0.493 e. The molecule has 1 N–H and O–H groups in total. The zero-order valence-corrected chi connectivity index (χ0v) is 15.8. The van der Waals surface area contributed by atoms with E-state index >= 15 is 0 Å². The number of carbonyl (C=O) groups is 1. The van der Waals surface area contributed by atoms with Gasteiger partial charge in [0.05, 0.1) is 20.6 Å². The Morgan fingerprint density at radius 3 is 2.30 bits per heavy atom. The second-order valence-electron chi connectivity index (χ2n) is 7.36. The van der Waals surface area contributed by atoms with Crippen LogP contribution in [0, 0.1) is 5.41 Å². The Morgan fingerprint density at radius 2 is 1.81 bits per heavy atom. The molecule has 0 saturated carbocycles. The van der Waals surface area contributed by atoms with Crippen LogP contribution >= 0.6 is 0 Å². The molecule has 0 fully saturated rings. The van der Waals surface area contributed by atoms with Crippen molar-refractivity contribution in [2.75, 3.05) is 14.2 Å². The molecule has 27 heavy (non-hydrogen) atoms. The smallest absolute Gasteiger partial charge is 0.431 e. The van der Waals surface area contributed by atoms with E-state index in [0.29, 0.717) is 22.1 Å². The van der Waals surface area contributed by atoms with Crippen molar-refractivity contribution < 1.29 is 32.5 Å². The molecule has 150 valence electrons. The van der Waals surface area contributed by atoms with Crippen molar-refractivity contribution in [3.8, 4) is 11.5 Å². The molecule has 0 spiro atoms. The summed E-state index contributed by atoms with van der Waals surface area (Å²) in [7, 11) is 2.89. The molecule has 1 aliphatic heterocycles. The summed E-state index contributed by atoms with van der Waals surface area (Å²) in [4.78, 5) is 12.7. The molecule has 1 aromatic carbocycles. The topological polar surface area (TPSA) is 71.4 Å². The summed E-state index contributed by atoms with van der Waals surface area (Å²) in [6.45, 7) is 4.66. The highest BCUT2D eigenvalue weighted by molar-refractivity contribution is 5.94. The number of alkyl halides is 3. The van der Waals surface area contributed by atoms with Crippen LogP contribution in [-0.4, -0.2) is 47.9 Å². The molecule has 0 bridgehead atoms. The minimum Gasteiger partial charge on any atom is -0.493 e. The predicted octanol–water partition coefficient (Wildman–Crippen LogP) is 3.13. The monoisotopic (exact) mass is 388 g/mol. The lowest BCUT2D eigenvalue weighted by Crippen LogP contribution is -2.55. The molecule has 1 aromatic rings. The summed E-state index contributed by atoms with van der Waals surface area (Å²) >= 11 is 0. The van der Waals surface area contributed by atoms with E-state index in [9.17, 15) is 23.1 Å². The Hall–Kier alpha value is -2.29. The van der Waals surface area contributed by atoms with Crippen molar-refractivity contribution in [3.05, 3.63) is 23.8 Å². The van der Waals surface area contributed by atoms with Crippen LogP contribution in [0.3, 0.4) is 0 Å². The van der Waals surface area contributed by atoms with Crippen molar-refractivity contribution in [2.24, 2.45) is 10.5 Å². The summed E-state index contributed by atoms with van der Waals surface area (Å²) in [5.74, 6) is 0.0899. The SMILES string of the molecule is COc1ccc(CC(=O)N2N=C(C(F)(F)F)C[C@]2(O)C(C)(C)C)cc1OC. The summed E-state index contributed by atoms with van der Waals surface area (Å²) < 4.78 is 49.7. The van der Waals surface area contributed by atoms with Crippen LogP contribution in [0.1, 0.15) is 32.8 Å². The van der Waals surface area contributed by atoms with Gasteiger partial charge in [0.2, 0.25) is 5.91 Å². The van der Waals surface area contributed by atoms with Crippen LogP contribution in [-0.2, 0) is 11.2 Å². The molecule has 0 saturated heterocycles. The van der Waals surface area contributed by atoms with Gasteiger partial charge in [-0.2, -0.15) is 18.3 Å². The lowest BCUT2D eigenvalue weighted by molar-refractivity contribution is -0.181. The Labute approximate surface area is 155 Å². The van der Waals surface area contributed by atoms with Crippen LogP contribution in [0.25, 0.3) is 0 Å². The molecular formula is C18H23F3N2O4. The third kappa shape index (κ3) is 4.02. The van der Waals surface area contributed by atoms with Gasteiger partial charge in [-0.3, -0.25) is 4.79 Å². The maximum atomic E-state index is 13.1. The quantitative estimate of drug-likeness (QED) is 0.860. The van der Waals surface area contributed by atoms with Crippen molar-refractivity contribution in [2.45, 2.75) is 45.5 Å². The fourth-order valence-electron chi connectivity index (χ4n) is 2.79. The molecule has 2 rings (SSSR count). The number of amides is 1. The number of hydrazone groups is 1. The zero-order chi connectivity index (χ0) is 20.6. The molecule has 0 unspecified atom stereocenters. The fourth-order valence-corrected chi connectivity index (χ4v) is 2.79. The van der Waals surface area contributed by atoms with Gasteiger partial charge in [0.25, 0.3) is 0 Å². The predicted molar refractivity (Wildman–Crippen MR) is 92.6 cm³/mol. The van der Waals surface area contributed by atoms with E-state index in [1.807, 2.05) is 0 Å². The molecule has 0 aromatic heterocycles. The number of carbonyl (C=O) groups excluding carboxylic acids is 1. The molecule has 6 nitrogen and oxygen atoms in total. The van der Waals surface area contributed by atoms with Gasteiger partial charge in [0, 0.05) is 11.8 Å². The maximum absolute atomic E-state index is 13.1. The Kier molecular flexibility index (Phi) is 5.47.